The van der Waals surface area contributed by atoms with E-state index < -0.39 is 0 Å². The van der Waals surface area contributed by atoms with Gasteiger partial charge < -0.3 is 0 Å². The molecule has 0 heterocycles. The molecule has 47 valence electrons. The normalized spacial score (nSPS) is 7.11. The third kappa shape index (κ3) is 7.12. The molecule has 0 saturated heterocycles. The third-order valence-corrected chi connectivity index (χ3v) is 0.962. The molecule has 0 bridgehead atoms. The van der Waals surface area contributed by atoms with E-state index in [9.17, 15) is 0 Å². The minimum Gasteiger partial charge on any atom is -0.106 e. The molecule has 0 nitrogen and oxygen atoms in total. The largest absolute Gasteiger partial charge is 0.106 e. The average Bonchev–Trinajstić information content (AvgIpc) is 1.89. The number of unbranched alkanes of at least 4 members (excludes halogenated alkanes) is 3. The molecule has 0 aromatic carbocycles. The summed E-state index contributed by atoms with van der Waals surface area (Å²) < 4.78 is 0. The summed E-state index contributed by atoms with van der Waals surface area (Å²) in [6.07, 6.45) is 9.10. The van der Waals surface area contributed by atoms with Gasteiger partial charge in [0.15, 0.2) is 0 Å². The highest BCUT2D eigenvalue weighted by molar-refractivity contribution is 5.21. The number of terminal acetylenes is 1. The molecule has 0 aliphatic heterocycles. The van der Waals surface area contributed by atoms with E-state index in [1.165, 1.54) is 0 Å². The summed E-state index contributed by atoms with van der Waals surface area (Å²) in [4.78, 5) is 0. The maximum absolute atomic E-state index is 4.91. The van der Waals surface area contributed by atoms with E-state index in [0.717, 1.165) is 25.7 Å². The summed E-state index contributed by atoms with van der Waals surface area (Å²) in [5.41, 5.74) is 0. The lowest BCUT2D eigenvalue weighted by Crippen LogP contribution is -1.70. The maximum Gasteiger partial charge on any atom is 0.00989 e. The van der Waals surface area contributed by atoms with E-state index in [1.54, 1.807) is 0 Å². The Kier molecular flexibility index (Phi) is 6.42. The molecule has 0 unspecified atom stereocenters. The van der Waals surface area contributed by atoms with Crippen LogP contribution in [0.4, 0.5) is 0 Å². The van der Waals surface area contributed by atoms with Gasteiger partial charge in [0.25, 0.3) is 0 Å². The SMILES string of the molecule is C#CC#CCCCC[CH2]. The van der Waals surface area contributed by atoms with Gasteiger partial charge in [-0.05, 0) is 18.3 Å². The van der Waals surface area contributed by atoms with Crippen molar-refractivity contribution in [3.05, 3.63) is 6.92 Å². The van der Waals surface area contributed by atoms with Gasteiger partial charge in [-0.3, -0.25) is 0 Å². The van der Waals surface area contributed by atoms with E-state index >= 15 is 0 Å². The van der Waals surface area contributed by atoms with E-state index in [1.807, 2.05) is 0 Å². The predicted molar refractivity (Wildman–Crippen MR) is 40.4 cm³/mol. The van der Waals surface area contributed by atoms with Crippen LogP contribution in [-0.4, -0.2) is 0 Å². The molecular formula is C9H11. The number of hydrogen-bond acceptors (Lipinski definition) is 0. The van der Waals surface area contributed by atoms with Crippen molar-refractivity contribution in [3.8, 4) is 24.2 Å². The van der Waals surface area contributed by atoms with Crippen molar-refractivity contribution in [2.45, 2.75) is 25.7 Å². The molecule has 0 aromatic rings. The van der Waals surface area contributed by atoms with Crippen molar-refractivity contribution in [1.82, 2.24) is 0 Å². The van der Waals surface area contributed by atoms with E-state index in [4.69, 9.17) is 6.42 Å². The molecule has 0 atom stereocenters. The first-order valence-corrected chi connectivity index (χ1v) is 3.14. The molecule has 0 heteroatoms. The molecule has 9 heavy (non-hydrogen) atoms. The highest BCUT2D eigenvalue weighted by atomic mass is 13.8. The molecule has 1 radical (unpaired) electrons. The minimum atomic E-state index is 0.916. The van der Waals surface area contributed by atoms with Crippen molar-refractivity contribution >= 4 is 0 Å². The summed E-state index contributed by atoms with van der Waals surface area (Å²) >= 11 is 0. The van der Waals surface area contributed by atoms with Crippen LogP contribution in [0.25, 0.3) is 0 Å². The molecule has 0 spiro atoms. The molecule has 0 aliphatic rings. The smallest absolute Gasteiger partial charge is 0.00989 e. The summed E-state index contributed by atoms with van der Waals surface area (Å²) in [7, 11) is 0. The Morgan fingerprint density at radius 2 is 2.11 bits per heavy atom. The standard InChI is InChI=1S/C9H11/c1-3-5-7-9-8-6-4-2/h1H,2,4,6,8-9H2. The lowest BCUT2D eigenvalue weighted by molar-refractivity contribution is 0.770. The lowest BCUT2D eigenvalue weighted by atomic mass is 10.2. The minimum absolute atomic E-state index is 0.916. The Labute approximate surface area is 57.7 Å². The Hall–Kier alpha value is -0.880. The molecule has 0 aliphatic carbocycles. The van der Waals surface area contributed by atoms with Crippen molar-refractivity contribution in [1.29, 1.82) is 0 Å². The second-order valence-electron chi connectivity index (χ2n) is 1.76. The molecule has 0 saturated carbocycles. The van der Waals surface area contributed by atoms with Gasteiger partial charge in [0, 0.05) is 6.42 Å². The Bertz CT molecular complexity index is 138. The first-order valence-electron chi connectivity index (χ1n) is 3.14. The molecule has 0 amide bonds. The lowest BCUT2D eigenvalue weighted by Gasteiger charge is -1.86. The highest BCUT2D eigenvalue weighted by Crippen LogP contribution is 1.95. The zero-order valence-electron chi connectivity index (χ0n) is 5.61. The van der Waals surface area contributed by atoms with Gasteiger partial charge in [0.2, 0.25) is 0 Å². The van der Waals surface area contributed by atoms with Crippen LogP contribution in [0.3, 0.4) is 0 Å². The zero-order chi connectivity index (χ0) is 6.95. The second kappa shape index (κ2) is 7.12. The summed E-state index contributed by atoms with van der Waals surface area (Å²) in [6, 6.07) is 0. The average molecular weight is 119 g/mol. The van der Waals surface area contributed by atoms with Crippen LogP contribution in [0.1, 0.15) is 25.7 Å². The summed E-state index contributed by atoms with van der Waals surface area (Å²) in [5.74, 6) is 7.69. The number of hydrogen-bond donors (Lipinski definition) is 0. The van der Waals surface area contributed by atoms with Crippen LogP contribution in [0.5, 0.6) is 0 Å². The van der Waals surface area contributed by atoms with Gasteiger partial charge in [-0.1, -0.05) is 25.7 Å². The van der Waals surface area contributed by atoms with Crippen molar-refractivity contribution in [3.63, 3.8) is 0 Å². The zero-order valence-corrected chi connectivity index (χ0v) is 5.61. The van der Waals surface area contributed by atoms with Crippen LogP contribution in [0.15, 0.2) is 0 Å². The quantitative estimate of drug-likeness (QED) is 0.394. The monoisotopic (exact) mass is 119 g/mol. The van der Waals surface area contributed by atoms with Crippen LogP contribution >= 0.6 is 0 Å². The fraction of sp³-hybridized carbons (Fsp3) is 0.444. The predicted octanol–water partition coefficient (Wildman–Crippen LogP) is 2.02. The topological polar surface area (TPSA) is 0 Å². The molecule has 0 rings (SSSR count). The van der Waals surface area contributed by atoms with Gasteiger partial charge in [-0.15, -0.1) is 6.42 Å². The van der Waals surface area contributed by atoms with Gasteiger partial charge in [0.05, 0.1) is 0 Å². The van der Waals surface area contributed by atoms with Crippen LogP contribution < -0.4 is 0 Å². The maximum atomic E-state index is 4.91. The van der Waals surface area contributed by atoms with E-state index in [0.29, 0.717) is 0 Å². The molecule has 0 aromatic heterocycles. The third-order valence-electron chi connectivity index (χ3n) is 0.962. The van der Waals surface area contributed by atoms with Gasteiger partial charge in [0.1, 0.15) is 0 Å². The summed E-state index contributed by atoms with van der Waals surface area (Å²) in [6.45, 7) is 3.71. The Balaban J connectivity index is 3.02. The van der Waals surface area contributed by atoms with Crippen LogP contribution in [-0.2, 0) is 0 Å². The van der Waals surface area contributed by atoms with Crippen molar-refractivity contribution in [2.75, 3.05) is 0 Å². The first kappa shape index (κ1) is 8.12. The van der Waals surface area contributed by atoms with Crippen molar-refractivity contribution < 1.29 is 0 Å². The van der Waals surface area contributed by atoms with Crippen LogP contribution in [0, 0.1) is 31.1 Å². The number of rotatable bonds is 3. The Morgan fingerprint density at radius 1 is 1.33 bits per heavy atom. The van der Waals surface area contributed by atoms with Crippen molar-refractivity contribution in [2.24, 2.45) is 0 Å². The fourth-order valence-corrected chi connectivity index (χ4v) is 0.504. The van der Waals surface area contributed by atoms with Gasteiger partial charge in [-0.25, -0.2) is 0 Å². The van der Waals surface area contributed by atoms with Crippen LogP contribution in [0.2, 0.25) is 0 Å². The van der Waals surface area contributed by atoms with Gasteiger partial charge >= 0.3 is 0 Å². The second-order valence-corrected chi connectivity index (χ2v) is 1.76. The molecular weight excluding hydrogens is 108 g/mol. The molecule has 0 N–H and O–H groups in total. The molecule has 0 fully saturated rings. The first-order chi connectivity index (χ1) is 4.41. The van der Waals surface area contributed by atoms with E-state index in [-0.39, 0.29) is 0 Å². The highest BCUT2D eigenvalue weighted by Gasteiger charge is 1.78. The fourth-order valence-electron chi connectivity index (χ4n) is 0.504. The Morgan fingerprint density at radius 3 is 2.67 bits per heavy atom. The summed E-state index contributed by atoms with van der Waals surface area (Å²) in [5, 5.41) is 0. The van der Waals surface area contributed by atoms with Gasteiger partial charge in [-0.2, -0.15) is 0 Å². The van der Waals surface area contributed by atoms with E-state index in [2.05, 4.69) is 24.7 Å².